The van der Waals surface area contributed by atoms with E-state index in [0.29, 0.717) is 11.1 Å². The summed E-state index contributed by atoms with van der Waals surface area (Å²) < 4.78 is 0. The van der Waals surface area contributed by atoms with E-state index in [-0.39, 0.29) is 27.2 Å². The average molecular weight is 379 g/mol. The zero-order valence-corrected chi connectivity index (χ0v) is 14.6. The van der Waals surface area contributed by atoms with Gasteiger partial charge in [-0.25, -0.2) is 0 Å². The van der Waals surface area contributed by atoms with E-state index in [2.05, 4.69) is 10.6 Å². The van der Waals surface area contributed by atoms with Crippen LogP contribution in [0.4, 0.5) is 0 Å². The Morgan fingerprint density at radius 3 is 2.40 bits per heavy atom. The summed E-state index contributed by atoms with van der Waals surface area (Å²) in [6.07, 6.45) is -1.41. The van der Waals surface area contributed by atoms with E-state index in [0.717, 1.165) is 0 Å². The number of phenols is 2. The number of nitrogens with one attached hydrogen (secondary N) is 2. The standard InChI is InChI=1S/C17H15ClN2O4S/c1-8-6-11(13(22)12(18)7-8)17(15(24)19-16(25)20-17)14(23)9-2-4-10(21)5-3-9/h2-7,14,21-23H,1H3,(H2,19,20,24,25)/t14-,17-/m0/s1. The fraction of sp³-hybridized carbons (Fsp3) is 0.176. The number of amides is 1. The van der Waals surface area contributed by atoms with Crippen LogP contribution in [0.1, 0.15) is 22.8 Å². The molecule has 0 aliphatic carbocycles. The zero-order chi connectivity index (χ0) is 18.4. The van der Waals surface area contributed by atoms with Crippen LogP contribution >= 0.6 is 23.8 Å². The number of rotatable bonds is 3. The number of carbonyl (C=O) groups is 1. The number of aryl methyl sites for hydroxylation is 1. The lowest BCUT2D eigenvalue weighted by atomic mass is 9.80. The van der Waals surface area contributed by atoms with Crippen molar-refractivity contribution in [3.8, 4) is 11.5 Å². The van der Waals surface area contributed by atoms with Gasteiger partial charge in [0, 0.05) is 5.56 Å². The van der Waals surface area contributed by atoms with Crippen molar-refractivity contribution in [1.82, 2.24) is 10.6 Å². The number of phenolic OH excluding ortho intramolecular Hbond substituents is 2. The second-order valence-corrected chi connectivity index (χ2v) is 6.67. The molecule has 1 saturated heterocycles. The number of aromatic hydroxyl groups is 2. The number of aliphatic hydroxyl groups excluding tert-OH is 1. The Morgan fingerprint density at radius 1 is 1.20 bits per heavy atom. The molecular weight excluding hydrogens is 364 g/mol. The number of hydrogen-bond acceptors (Lipinski definition) is 5. The largest absolute Gasteiger partial charge is 0.508 e. The molecule has 0 radical (unpaired) electrons. The van der Waals surface area contributed by atoms with Crippen LogP contribution in [0.25, 0.3) is 0 Å². The number of thiocarbonyl (C=S) groups is 1. The van der Waals surface area contributed by atoms with Gasteiger partial charge in [-0.05, 0) is 54.5 Å². The third kappa shape index (κ3) is 2.80. The summed E-state index contributed by atoms with van der Waals surface area (Å²) in [5.74, 6) is -0.918. The van der Waals surface area contributed by atoms with Crippen LogP contribution < -0.4 is 10.6 Å². The minimum absolute atomic E-state index is 0.0193. The summed E-state index contributed by atoms with van der Waals surface area (Å²) in [6, 6.07) is 8.84. The molecule has 0 spiro atoms. The lowest BCUT2D eigenvalue weighted by Crippen LogP contribution is -2.49. The Bertz CT molecular complexity index is 872. The molecular formula is C17H15ClN2O4S. The van der Waals surface area contributed by atoms with Crippen molar-refractivity contribution in [2.75, 3.05) is 0 Å². The van der Waals surface area contributed by atoms with Crippen molar-refractivity contribution in [3.05, 3.63) is 58.1 Å². The third-order valence-corrected chi connectivity index (χ3v) is 4.64. The van der Waals surface area contributed by atoms with Crippen LogP contribution in [0.15, 0.2) is 36.4 Å². The summed E-state index contributed by atoms with van der Waals surface area (Å²) in [5, 5.41) is 36.2. The number of benzene rings is 2. The zero-order valence-electron chi connectivity index (χ0n) is 13.1. The summed E-state index contributed by atoms with van der Waals surface area (Å²) in [6.45, 7) is 1.75. The molecule has 2 aromatic carbocycles. The van der Waals surface area contributed by atoms with E-state index in [1.54, 1.807) is 19.1 Å². The molecule has 1 aliphatic rings. The van der Waals surface area contributed by atoms with Gasteiger partial charge in [0.05, 0.1) is 5.02 Å². The predicted octanol–water partition coefficient (Wildman–Crippen LogP) is 1.99. The van der Waals surface area contributed by atoms with Gasteiger partial charge in [-0.15, -0.1) is 0 Å². The molecule has 5 N–H and O–H groups in total. The monoisotopic (exact) mass is 378 g/mol. The van der Waals surface area contributed by atoms with Gasteiger partial charge >= 0.3 is 0 Å². The number of carbonyl (C=O) groups excluding carboxylic acids is 1. The van der Waals surface area contributed by atoms with Crippen molar-refractivity contribution in [2.24, 2.45) is 0 Å². The molecule has 0 saturated carbocycles. The minimum Gasteiger partial charge on any atom is -0.508 e. The highest BCUT2D eigenvalue weighted by atomic mass is 35.5. The van der Waals surface area contributed by atoms with Crippen molar-refractivity contribution < 1.29 is 20.1 Å². The minimum atomic E-state index is -1.76. The molecule has 8 heteroatoms. The Balaban J connectivity index is 2.24. The maximum atomic E-state index is 12.7. The van der Waals surface area contributed by atoms with Crippen LogP contribution in [-0.2, 0) is 10.3 Å². The molecule has 3 rings (SSSR count). The summed E-state index contributed by atoms with van der Waals surface area (Å²) in [4.78, 5) is 12.7. The van der Waals surface area contributed by atoms with Crippen LogP contribution in [0.5, 0.6) is 11.5 Å². The Hall–Kier alpha value is -2.35. The van der Waals surface area contributed by atoms with Gasteiger partial charge in [-0.3, -0.25) is 4.79 Å². The van der Waals surface area contributed by atoms with Gasteiger partial charge in [0.2, 0.25) is 0 Å². The molecule has 0 bridgehead atoms. The number of halogens is 1. The lowest BCUT2D eigenvalue weighted by Gasteiger charge is -2.33. The molecule has 130 valence electrons. The molecule has 1 heterocycles. The van der Waals surface area contributed by atoms with E-state index in [1.165, 1.54) is 24.3 Å². The van der Waals surface area contributed by atoms with Crippen molar-refractivity contribution in [3.63, 3.8) is 0 Å². The summed E-state index contributed by atoms with van der Waals surface area (Å²) in [7, 11) is 0. The second kappa shape index (κ2) is 6.18. The maximum absolute atomic E-state index is 12.7. The summed E-state index contributed by atoms with van der Waals surface area (Å²) in [5.41, 5.74) is -0.603. The average Bonchev–Trinajstić information content (AvgIpc) is 2.86. The van der Waals surface area contributed by atoms with Crippen LogP contribution in [-0.4, -0.2) is 26.3 Å². The number of hydrogen-bond donors (Lipinski definition) is 5. The van der Waals surface area contributed by atoms with E-state index in [9.17, 15) is 20.1 Å². The van der Waals surface area contributed by atoms with Crippen LogP contribution in [0, 0.1) is 6.92 Å². The van der Waals surface area contributed by atoms with Crippen LogP contribution in [0.2, 0.25) is 5.02 Å². The predicted molar refractivity (Wildman–Crippen MR) is 96.5 cm³/mol. The molecule has 1 fully saturated rings. The smallest absolute Gasteiger partial charge is 0.259 e. The molecule has 2 aromatic rings. The Morgan fingerprint density at radius 2 is 1.84 bits per heavy atom. The fourth-order valence-corrected chi connectivity index (χ4v) is 3.47. The van der Waals surface area contributed by atoms with Crippen molar-refractivity contribution in [1.29, 1.82) is 0 Å². The van der Waals surface area contributed by atoms with E-state index in [4.69, 9.17) is 23.8 Å². The first-order valence-electron chi connectivity index (χ1n) is 7.36. The molecule has 1 aliphatic heterocycles. The first-order valence-corrected chi connectivity index (χ1v) is 8.14. The second-order valence-electron chi connectivity index (χ2n) is 5.85. The van der Waals surface area contributed by atoms with Crippen molar-refractivity contribution >= 4 is 34.8 Å². The van der Waals surface area contributed by atoms with E-state index >= 15 is 0 Å². The van der Waals surface area contributed by atoms with Gasteiger partial charge < -0.3 is 26.0 Å². The summed E-state index contributed by atoms with van der Waals surface area (Å²) >= 11 is 11.1. The molecule has 1 amide bonds. The first kappa shape index (κ1) is 17.5. The highest BCUT2D eigenvalue weighted by molar-refractivity contribution is 7.80. The normalized spacial score (nSPS) is 20.9. The number of aliphatic hydroxyl groups is 1. The SMILES string of the molecule is Cc1cc(Cl)c(O)c([C@@]2([C@@H](O)c3ccc(O)cc3)NC(=S)NC2=O)c1. The van der Waals surface area contributed by atoms with Gasteiger partial charge in [0.15, 0.2) is 10.7 Å². The Labute approximate surface area is 154 Å². The quantitative estimate of drug-likeness (QED) is 0.524. The highest BCUT2D eigenvalue weighted by Crippen LogP contribution is 2.44. The third-order valence-electron chi connectivity index (χ3n) is 4.15. The molecule has 2 atom stereocenters. The highest BCUT2D eigenvalue weighted by Gasteiger charge is 2.54. The molecule has 0 aromatic heterocycles. The van der Waals surface area contributed by atoms with Gasteiger partial charge in [-0.2, -0.15) is 0 Å². The van der Waals surface area contributed by atoms with Gasteiger partial charge in [-0.1, -0.05) is 23.7 Å². The topological polar surface area (TPSA) is 102 Å². The van der Waals surface area contributed by atoms with Crippen LogP contribution in [0.3, 0.4) is 0 Å². The Kier molecular flexibility index (Phi) is 4.32. The fourth-order valence-electron chi connectivity index (χ4n) is 2.94. The van der Waals surface area contributed by atoms with E-state index in [1.807, 2.05) is 0 Å². The maximum Gasteiger partial charge on any atom is 0.259 e. The van der Waals surface area contributed by atoms with Gasteiger partial charge in [0.1, 0.15) is 17.6 Å². The first-order chi connectivity index (χ1) is 11.8. The van der Waals surface area contributed by atoms with Gasteiger partial charge in [0.25, 0.3) is 5.91 Å². The molecule has 0 unspecified atom stereocenters. The molecule has 6 nitrogen and oxygen atoms in total. The van der Waals surface area contributed by atoms with E-state index < -0.39 is 17.6 Å². The van der Waals surface area contributed by atoms with Crippen molar-refractivity contribution in [2.45, 2.75) is 18.6 Å². The molecule has 25 heavy (non-hydrogen) atoms. The lowest BCUT2D eigenvalue weighted by molar-refractivity contribution is -0.129.